The minimum atomic E-state index is -1.07. The third kappa shape index (κ3) is 5.25. The number of hydrogen-bond donors (Lipinski definition) is 2. The van der Waals surface area contributed by atoms with E-state index in [1.165, 1.54) is 13.0 Å². The van der Waals surface area contributed by atoms with Crippen LogP contribution in [-0.2, 0) is 9.59 Å². The van der Waals surface area contributed by atoms with Crippen molar-refractivity contribution in [2.45, 2.75) is 19.9 Å². The van der Waals surface area contributed by atoms with Gasteiger partial charge < -0.3 is 15.2 Å². The zero-order valence-corrected chi connectivity index (χ0v) is 10.9. The summed E-state index contributed by atoms with van der Waals surface area (Å²) in [5.41, 5.74) is 0.809. The quantitative estimate of drug-likeness (QED) is 0.766. The fourth-order valence-corrected chi connectivity index (χ4v) is 1.37. The predicted octanol–water partition coefficient (Wildman–Crippen LogP) is 1.69. The van der Waals surface area contributed by atoms with Crippen LogP contribution in [-0.4, -0.2) is 29.6 Å². The van der Waals surface area contributed by atoms with Crippen molar-refractivity contribution in [2.75, 3.05) is 6.61 Å². The van der Waals surface area contributed by atoms with Crippen LogP contribution in [0.4, 0.5) is 0 Å². The molecule has 19 heavy (non-hydrogen) atoms. The average Bonchev–Trinajstić information content (AvgIpc) is 2.37. The number of carboxylic acid groups (broad SMARTS) is 1. The van der Waals surface area contributed by atoms with Gasteiger partial charge in [0.2, 0.25) is 5.91 Å². The molecule has 1 amide bonds. The molecule has 1 aromatic carbocycles. The molecular weight excluding hydrogens is 246 g/mol. The summed E-state index contributed by atoms with van der Waals surface area (Å²) < 4.78 is 5.34. The molecule has 2 N–H and O–H groups in total. The van der Waals surface area contributed by atoms with E-state index in [0.29, 0.717) is 6.61 Å². The van der Waals surface area contributed by atoms with Gasteiger partial charge in [0.15, 0.2) is 0 Å². The Labute approximate surface area is 111 Å². The molecule has 1 rings (SSSR count). The summed E-state index contributed by atoms with van der Waals surface area (Å²) in [5.74, 6) is -0.791. The number of aliphatic carboxylic acids is 1. The van der Waals surface area contributed by atoms with E-state index in [1.54, 1.807) is 12.1 Å². The summed E-state index contributed by atoms with van der Waals surface area (Å²) in [6.45, 7) is 3.87. The van der Waals surface area contributed by atoms with E-state index in [2.05, 4.69) is 5.32 Å². The Morgan fingerprint density at radius 3 is 2.84 bits per heavy atom. The first kappa shape index (κ1) is 14.8. The molecule has 1 aromatic rings. The highest BCUT2D eigenvalue weighted by Gasteiger charge is 2.11. The Balaban J connectivity index is 2.63. The highest BCUT2D eigenvalue weighted by atomic mass is 16.5. The van der Waals surface area contributed by atoms with Gasteiger partial charge in [-0.25, -0.2) is 0 Å². The highest BCUT2D eigenvalue weighted by Crippen LogP contribution is 2.14. The second kappa shape index (κ2) is 7.20. The van der Waals surface area contributed by atoms with Gasteiger partial charge in [0.05, 0.1) is 6.61 Å². The monoisotopic (exact) mass is 263 g/mol. The molecule has 0 fully saturated rings. The summed E-state index contributed by atoms with van der Waals surface area (Å²) in [7, 11) is 0. The van der Waals surface area contributed by atoms with Crippen molar-refractivity contribution < 1.29 is 19.4 Å². The van der Waals surface area contributed by atoms with Crippen molar-refractivity contribution in [2.24, 2.45) is 0 Å². The number of amides is 1. The summed E-state index contributed by atoms with van der Waals surface area (Å²) in [6, 6.07) is 6.36. The zero-order chi connectivity index (χ0) is 14.3. The lowest BCUT2D eigenvalue weighted by molar-refractivity contribution is -0.140. The van der Waals surface area contributed by atoms with Gasteiger partial charge in [-0.3, -0.25) is 9.59 Å². The van der Waals surface area contributed by atoms with Crippen LogP contribution in [0.2, 0.25) is 0 Å². The predicted molar refractivity (Wildman–Crippen MR) is 71.9 cm³/mol. The van der Waals surface area contributed by atoms with E-state index in [-0.39, 0.29) is 0 Å². The Bertz CT molecular complexity index is 482. The smallest absolute Gasteiger partial charge is 0.325 e. The van der Waals surface area contributed by atoms with Crippen LogP contribution < -0.4 is 10.1 Å². The number of hydrogen-bond acceptors (Lipinski definition) is 3. The van der Waals surface area contributed by atoms with Crippen molar-refractivity contribution in [3.63, 3.8) is 0 Å². The molecule has 0 aliphatic carbocycles. The normalized spacial score (nSPS) is 12.1. The van der Waals surface area contributed by atoms with E-state index in [9.17, 15) is 9.59 Å². The van der Waals surface area contributed by atoms with Gasteiger partial charge in [-0.15, -0.1) is 0 Å². The molecule has 0 heterocycles. The van der Waals surface area contributed by atoms with Crippen LogP contribution in [0.15, 0.2) is 30.3 Å². The van der Waals surface area contributed by atoms with Crippen molar-refractivity contribution in [1.82, 2.24) is 5.32 Å². The van der Waals surface area contributed by atoms with Crippen LogP contribution in [0.1, 0.15) is 19.4 Å². The van der Waals surface area contributed by atoms with Crippen LogP contribution in [0.5, 0.6) is 5.75 Å². The number of carboxylic acids is 1. The Kier molecular flexibility index (Phi) is 5.60. The SMILES string of the molecule is CCOc1cccc(/C=C/C(=O)N[C@H](C)C(=O)O)c1. The van der Waals surface area contributed by atoms with Crippen LogP contribution in [0.25, 0.3) is 6.08 Å². The highest BCUT2D eigenvalue weighted by molar-refractivity contribution is 5.94. The molecule has 0 aliphatic rings. The number of nitrogens with one attached hydrogen (secondary N) is 1. The molecule has 1 atom stereocenters. The van der Waals surface area contributed by atoms with Crippen LogP contribution >= 0.6 is 0 Å². The maximum absolute atomic E-state index is 11.4. The second-order valence-electron chi connectivity index (χ2n) is 3.91. The number of carbonyl (C=O) groups is 2. The molecule has 0 bridgehead atoms. The maximum Gasteiger partial charge on any atom is 0.325 e. The van der Waals surface area contributed by atoms with E-state index >= 15 is 0 Å². The summed E-state index contributed by atoms with van der Waals surface area (Å²) >= 11 is 0. The standard InChI is InChI=1S/C14H17NO4/c1-3-19-12-6-4-5-11(9-12)7-8-13(16)15-10(2)14(17)18/h4-10H,3H2,1-2H3,(H,15,16)(H,17,18)/b8-7+/t10-/m1/s1. The van der Waals surface area contributed by atoms with Crippen molar-refractivity contribution >= 4 is 18.0 Å². The number of benzene rings is 1. The lowest BCUT2D eigenvalue weighted by atomic mass is 10.2. The largest absolute Gasteiger partial charge is 0.494 e. The lowest BCUT2D eigenvalue weighted by Crippen LogP contribution is -2.37. The molecule has 102 valence electrons. The van der Waals surface area contributed by atoms with Crippen molar-refractivity contribution in [1.29, 1.82) is 0 Å². The zero-order valence-electron chi connectivity index (χ0n) is 10.9. The van der Waals surface area contributed by atoms with Gasteiger partial charge >= 0.3 is 5.97 Å². The number of ether oxygens (including phenoxy) is 1. The van der Waals surface area contributed by atoms with Gasteiger partial charge in [0.25, 0.3) is 0 Å². The second-order valence-corrected chi connectivity index (χ2v) is 3.91. The molecular formula is C14H17NO4. The van der Waals surface area contributed by atoms with Gasteiger partial charge in [0, 0.05) is 6.08 Å². The van der Waals surface area contributed by atoms with Gasteiger partial charge in [-0.1, -0.05) is 12.1 Å². The first-order chi connectivity index (χ1) is 9.02. The first-order valence-corrected chi connectivity index (χ1v) is 5.97. The molecule has 0 unspecified atom stereocenters. The summed E-state index contributed by atoms with van der Waals surface area (Å²) in [4.78, 5) is 22.0. The lowest BCUT2D eigenvalue weighted by Gasteiger charge is -2.06. The van der Waals surface area contributed by atoms with Gasteiger partial charge in [-0.05, 0) is 37.6 Å². The molecule has 0 saturated heterocycles. The Morgan fingerprint density at radius 1 is 1.47 bits per heavy atom. The first-order valence-electron chi connectivity index (χ1n) is 5.97. The molecule has 5 heteroatoms. The van der Waals surface area contributed by atoms with Crippen LogP contribution in [0.3, 0.4) is 0 Å². The fraction of sp³-hybridized carbons (Fsp3) is 0.286. The molecule has 0 saturated carbocycles. The topological polar surface area (TPSA) is 75.6 Å². The molecule has 0 aliphatic heterocycles. The van der Waals surface area contributed by atoms with Gasteiger partial charge in [0.1, 0.15) is 11.8 Å². The Morgan fingerprint density at radius 2 is 2.21 bits per heavy atom. The third-order valence-corrected chi connectivity index (χ3v) is 2.33. The Hall–Kier alpha value is -2.30. The minimum Gasteiger partial charge on any atom is -0.494 e. The fourth-order valence-electron chi connectivity index (χ4n) is 1.37. The molecule has 0 aromatic heterocycles. The van der Waals surface area contributed by atoms with Crippen molar-refractivity contribution in [3.8, 4) is 5.75 Å². The third-order valence-electron chi connectivity index (χ3n) is 2.33. The average molecular weight is 263 g/mol. The molecule has 0 radical (unpaired) electrons. The van der Waals surface area contributed by atoms with Crippen molar-refractivity contribution in [3.05, 3.63) is 35.9 Å². The van der Waals surface area contributed by atoms with Crippen LogP contribution in [0, 0.1) is 0 Å². The number of carbonyl (C=O) groups excluding carboxylic acids is 1. The van der Waals surface area contributed by atoms with E-state index < -0.39 is 17.9 Å². The van der Waals surface area contributed by atoms with E-state index in [1.807, 2.05) is 25.1 Å². The van der Waals surface area contributed by atoms with Gasteiger partial charge in [-0.2, -0.15) is 0 Å². The molecule has 5 nitrogen and oxygen atoms in total. The van der Waals surface area contributed by atoms with E-state index in [0.717, 1.165) is 11.3 Å². The summed E-state index contributed by atoms with van der Waals surface area (Å²) in [5, 5.41) is 11.0. The van der Waals surface area contributed by atoms with E-state index in [4.69, 9.17) is 9.84 Å². The maximum atomic E-state index is 11.4. The number of rotatable bonds is 6. The minimum absolute atomic E-state index is 0.447. The summed E-state index contributed by atoms with van der Waals surface area (Å²) in [6.07, 6.45) is 2.90. The molecule has 0 spiro atoms.